The van der Waals surface area contributed by atoms with E-state index in [0.717, 1.165) is 16.7 Å². The standard InChI is InChI=1S/C34H35BrN6O6/c1-40(2)20-36-33-38-30-29(31(43)39-33)37-32(35)41(30)28-18-26(42)27(47-28)19-46-34(21-8-6-5-7-9-21,22-10-14-24(44-3)15-11-22)23-12-16-25(45-4)17-13-23/h5-17,20,26-28,42H,18-19H2,1-4H3,(H,38,39,43)/t26-,27+,28+/m0/s1. The predicted molar refractivity (Wildman–Crippen MR) is 180 cm³/mol. The number of aliphatic imine (C=N–C) groups is 1. The van der Waals surface area contributed by atoms with Crippen LogP contribution in [0.15, 0.2) is 93.4 Å². The second-order valence-electron chi connectivity index (χ2n) is 11.3. The summed E-state index contributed by atoms with van der Waals surface area (Å²) in [5.74, 6) is 1.54. The number of nitrogens with one attached hydrogen (secondary N) is 1. The molecule has 1 aliphatic heterocycles. The van der Waals surface area contributed by atoms with Gasteiger partial charge in [-0.2, -0.15) is 4.98 Å². The molecule has 0 aliphatic carbocycles. The third-order valence-corrected chi connectivity index (χ3v) is 8.60. The number of hydrogen-bond acceptors (Lipinski definition) is 9. The monoisotopic (exact) mass is 702 g/mol. The summed E-state index contributed by atoms with van der Waals surface area (Å²) in [7, 11) is 6.87. The maximum absolute atomic E-state index is 12.8. The van der Waals surface area contributed by atoms with Crippen molar-refractivity contribution in [3.05, 3.63) is 111 Å². The summed E-state index contributed by atoms with van der Waals surface area (Å²) in [6, 6.07) is 25.4. The average molecular weight is 704 g/mol. The summed E-state index contributed by atoms with van der Waals surface area (Å²) in [4.78, 5) is 30.4. The van der Waals surface area contributed by atoms with Crippen LogP contribution in [0.1, 0.15) is 29.3 Å². The fourth-order valence-electron chi connectivity index (χ4n) is 5.74. The molecule has 47 heavy (non-hydrogen) atoms. The number of halogens is 1. The maximum Gasteiger partial charge on any atom is 0.280 e. The van der Waals surface area contributed by atoms with E-state index in [-0.39, 0.29) is 30.1 Å². The number of aliphatic hydroxyl groups is 1. The molecule has 5 aromatic rings. The maximum atomic E-state index is 12.8. The lowest BCUT2D eigenvalue weighted by atomic mass is 9.80. The minimum atomic E-state index is -1.09. The van der Waals surface area contributed by atoms with Crippen molar-refractivity contribution in [3.63, 3.8) is 0 Å². The van der Waals surface area contributed by atoms with Gasteiger partial charge < -0.3 is 29.0 Å². The zero-order valence-corrected chi connectivity index (χ0v) is 27.9. The molecule has 0 spiro atoms. The van der Waals surface area contributed by atoms with Crippen molar-refractivity contribution >= 4 is 39.4 Å². The van der Waals surface area contributed by atoms with Crippen LogP contribution in [0.25, 0.3) is 11.2 Å². The lowest BCUT2D eigenvalue weighted by Crippen LogP contribution is -2.38. The Morgan fingerprint density at radius 3 is 2.17 bits per heavy atom. The van der Waals surface area contributed by atoms with E-state index in [1.165, 1.54) is 6.34 Å². The first-order chi connectivity index (χ1) is 22.7. The number of aromatic nitrogens is 4. The molecule has 3 atom stereocenters. The molecule has 12 nitrogen and oxygen atoms in total. The van der Waals surface area contributed by atoms with Crippen LogP contribution >= 0.6 is 15.9 Å². The van der Waals surface area contributed by atoms with Crippen molar-refractivity contribution < 1.29 is 24.1 Å². The van der Waals surface area contributed by atoms with Gasteiger partial charge in [0.05, 0.1) is 33.3 Å². The molecule has 0 unspecified atom stereocenters. The van der Waals surface area contributed by atoms with Gasteiger partial charge in [-0.15, -0.1) is 0 Å². The number of aliphatic hydroxyl groups excluding tert-OH is 1. The Labute approximate surface area is 279 Å². The molecule has 244 valence electrons. The van der Waals surface area contributed by atoms with Crippen molar-refractivity contribution in [3.8, 4) is 11.5 Å². The van der Waals surface area contributed by atoms with E-state index in [1.807, 2.05) is 93.0 Å². The topological polar surface area (TPSA) is 136 Å². The van der Waals surface area contributed by atoms with E-state index in [0.29, 0.717) is 16.2 Å². The summed E-state index contributed by atoms with van der Waals surface area (Å²) in [5, 5.41) is 11.3. The zero-order chi connectivity index (χ0) is 33.1. The molecular weight excluding hydrogens is 668 g/mol. The Morgan fingerprint density at radius 2 is 1.60 bits per heavy atom. The Kier molecular flexibility index (Phi) is 9.41. The summed E-state index contributed by atoms with van der Waals surface area (Å²) in [6.45, 7) is 0.0290. The normalized spacial score (nSPS) is 18.2. The Balaban J connectivity index is 1.36. The number of imidazole rings is 1. The van der Waals surface area contributed by atoms with Crippen LogP contribution in [-0.2, 0) is 15.1 Å². The molecule has 1 fully saturated rings. The molecule has 0 saturated carbocycles. The molecule has 0 bridgehead atoms. The number of rotatable bonds is 11. The number of methoxy groups -OCH3 is 2. The molecule has 6 rings (SSSR count). The van der Waals surface area contributed by atoms with Gasteiger partial charge in [0.2, 0.25) is 5.95 Å². The quantitative estimate of drug-likeness (QED) is 0.0863. The van der Waals surface area contributed by atoms with E-state index < -0.39 is 29.6 Å². The van der Waals surface area contributed by atoms with Crippen molar-refractivity contribution in [1.29, 1.82) is 0 Å². The SMILES string of the molecule is COc1ccc(C(OC[C@H]2O[C@@H](n3c(Br)nc4c(=O)[nH]c(N=CN(C)C)nc43)C[C@@H]2O)(c2ccccc2)c2ccc(OC)cc2)cc1. The molecule has 2 aromatic heterocycles. The second kappa shape index (κ2) is 13.7. The Bertz CT molecular complexity index is 1860. The van der Waals surface area contributed by atoms with Crippen LogP contribution in [0.4, 0.5) is 5.95 Å². The minimum Gasteiger partial charge on any atom is -0.497 e. The van der Waals surface area contributed by atoms with Gasteiger partial charge in [-0.3, -0.25) is 14.3 Å². The minimum absolute atomic E-state index is 0.0290. The predicted octanol–water partition coefficient (Wildman–Crippen LogP) is 4.78. The highest BCUT2D eigenvalue weighted by Crippen LogP contribution is 2.43. The molecule has 3 aromatic carbocycles. The highest BCUT2D eigenvalue weighted by molar-refractivity contribution is 9.10. The fourth-order valence-corrected chi connectivity index (χ4v) is 6.31. The molecule has 2 N–H and O–H groups in total. The van der Waals surface area contributed by atoms with Gasteiger partial charge in [-0.1, -0.05) is 54.6 Å². The first-order valence-electron chi connectivity index (χ1n) is 14.9. The number of benzene rings is 3. The number of fused-ring (bicyclic) bond motifs is 1. The lowest BCUT2D eigenvalue weighted by Gasteiger charge is -2.37. The van der Waals surface area contributed by atoms with Gasteiger partial charge in [-0.05, 0) is 56.9 Å². The summed E-state index contributed by atoms with van der Waals surface area (Å²) >= 11 is 3.47. The van der Waals surface area contributed by atoms with Crippen molar-refractivity contribution in [1.82, 2.24) is 24.4 Å². The van der Waals surface area contributed by atoms with E-state index in [2.05, 4.69) is 35.9 Å². The lowest BCUT2D eigenvalue weighted by molar-refractivity contribution is -0.0934. The van der Waals surface area contributed by atoms with E-state index in [9.17, 15) is 9.90 Å². The Morgan fingerprint density at radius 1 is 1.00 bits per heavy atom. The van der Waals surface area contributed by atoms with Crippen LogP contribution in [0.3, 0.4) is 0 Å². The highest BCUT2D eigenvalue weighted by atomic mass is 79.9. The number of H-pyrrole nitrogens is 1. The third-order valence-electron chi connectivity index (χ3n) is 8.04. The first kappa shape index (κ1) is 32.4. The van der Waals surface area contributed by atoms with Crippen LogP contribution in [0.2, 0.25) is 0 Å². The first-order valence-corrected chi connectivity index (χ1v) is 15.7. The Hall–Kier alpha value is -4.56. The summed E-state index contributed by atoms with van der Waals surface area (Å²) in [5.41, 5.74) is 1.48. The van der Waals surface area contributed by atoms with E-state index in [1.54, 1.807) is 23.7 Å². The highest BCUT2D eigenvalue weighted by Gasteiger charge is 2.42. The third kappa shape index (κ3) is 6.39. The van der Waals surface area contributed by atoms with Crippen molar-refractivity contribution in [2.24, 2.45) is 4.99 Å². The van der Waals surface area contributed by atoms with Gasteiger partial charge >= 0.3 is 0 Å². The molecule has 3 heterocycles. The van der Waals surface area contributed by atoms with Crippen LogP contribution in [0.5, 0.6) is 11.5 Å². The molecule has 13 heteroatoms. The van der Waals surface area contributed by atoms with Gasteiger partial charge in [0, 0.05) is 20.5 Å². The zero-order valence-electron chi connectivity index (χ0n) is 26.3. The van der Waals surface area contributed by atoms with E-state index in [4.69, 9.17) is 18.9 Å². The molecule has 1 aliphatic rings. The van der Waals surface area contributed by atoms with Crippen LogP contribution in [0, 0.1) is 0 Å². The van der Waals surface area contributed by atoms with Gasteiger partial charge in [-0.25, -0.2) is 9.98 Å². The number of aromatic amines is 1. The second-order valence-corrected chi connectivity index (χ2v) is 12.0. The molecule has 0 amide bonds. The van der Waals surface area contributed by atoms with Gasteiger partial charge in [0.25, 0.3) is 5.56 Å². The number of hydrogen-bond donors (Lipinski definition) is 2. The number of nitrogens with zero attached hydrogens (tertiary/aromatic N) is 5. The van der Waals surface area contributed by atoms with Crippen LogP contribution < -0.4 is 15.0 Å². The fraction of sp³-hybridized carbons (Fsp3) is 0.294. The molecular formula is C34H35BrN6O6. The largest absolute Gasteiger partial charge is 0.497 e. The van der Waals surface area contributed by atoms with E-state index >= 15 is 0 Å². The van der Waals surface area contributed by atoms with Gasteiger partial charge in [0.1, 0.15) is 29.4 Å². The van der Waals surface area contributed by atoms with Crippen molar-refractivity contribution in [2.75, 3.05) is 34.9 Å². The van der Waals surface area contributed by atoms with Gasteiger partial charge in [0.15, 0.2) is 15.9 Å². The summed E-state index contributed by atoms with van der Waals surface area (Å²) in [6.07, 6.45) is -0.555. The number of ether oxygens (including phenoxy) is 4. The average Bonchev–Trinajstić information content (AvgIpc) is 3.63. The molecule has 0 radical (unpaired) electrons. The molecule has 1 saturated heterocycles. The van der Waals surface area contributed by atoms with Crippen LogP contribution in [-0.4, -0.2) is 83.0 Å². The summed E-state index contributed by atoms with van der Waals surface area (Å²) < 4.78 is 26.3. The smallest absolute Gasteiger partial charge is 0.280 e. The van der Waals surface area contributed by atoms with Crippen molar-refractivity contribution in [2.45, 2.75) is 30.5 Å².